The standard InChI is InChI=1S/C27H36F4O8.C24H36O6.C23H34O7/c1-15(2)22(33)34-12-20-7-19(37-23(3,4)38-20)8-21(32)39-24-9-16-5-17(10-24)27(18(6-16)11-24)35-13-25(28,29)26(30,31)14-36-27;1-14(2)22(26)27-13-20-11-19(28-23(3,4)29-20)12-21(25)30-24(5)17-7-15-6-16(9-17)10-18(24)8-15;1-13(2)21(26)27-12-18-7-17(28-22(3,4)29-18)8-19(24)30-23-9-14-5-15(10-23)20(25)16(6-14)11-23/h16-20H,1,5-14H2,2-4H3;15-20H,1,6-13H2,2-5H3;14-18,20,25H,1,5-12H2,2-4H3. The summed E-state index contributed by atoms with van der Waals surface area (Å²) in [5.74, 6) is -12.3. The van der Waals surface area contributed by atoms with E-state index in [1.54, 1.807) is 48.5 Å². The molecule has 10 unspecified atom stereocenters. The fourth-order valence-corrected chi connectivity index (χ4v) is 20.1. The summed E-state index contributed by atoms with van der Waals surface area (Å²) in [6.45, 7) is 25.6. The Balaban J connectivity index is 0.000000152. The molecule has 25 heteroatoms. The van der Waals surface area contributed by atoms with E-state index in [1.165, 1.54) is 32.1 Å². The number of halogens is 4. The number of aliphatic hydroxyl groups excluding tert-OH is 1. The molecule has 4 saturated heterocycles. The molecule has 12 bridgehead atoms. The number of rotatable bonds is 18. The van der Waals surface area contributed by atoms with Gasteiger partial charge < -0.3 is 71.4 Å². The second-order valence-corrected chi connectivity index (χ2v) is 33.4. The van der Waals surface area contributed by atoms with Gasteiger partial charge in [-0.3, -0.25) is 14.4 Å². The lowest BCUT2D eigenvalue weighted by atomic mass is 9.50. The van der Waals surface area contributed by atoms with E-state index in [0.29, 0.717) is 80.3 Å². The summed E-state index contributed by atoms with van der Waals surface area (Å²) in [6.07, 6.45) is 12.0. The van der Waals surface area contributed by atoms with Crippen LogP contribution in [-0.2, 0) is 95.1 Å². The Bertz CT molecular complexity index is 2990. The zero-order valence-corrected chi connectivity index (χ0v) is 59.4. The maximum absolute atomic E-state index is 14.0. The van der Waals surface area contributed by atoms with Crippen LogP contribution in [-0.4, -0.2) is 168 Å². The van der Waals surface area contributed by atoms with E-state index in [-0.39, 0.29) is 110 Å². The molecule has 16 fully saturated rings. The summed E-state index contributed by atoms with van der Waals surface area (Å²) in [6, 6.07) is 0. The van der Waals surface area contributed by atoms with Gasteiger partial charge >= 0.3 is 47.7 Å². The third kappa shape index (κ3) is 17.3. The van der Waals surface area contributed by atoms with Crippen LogP contribution in [0, 0.1) is 59.2 Å². The normalized spacial score (nSPS) is 40.5. The lowest BCUT2D eigenvalue weighted by molar-refractivity contribution is -0.355. The van der Waals surface area contributed by atoms with Gasteiger partial charge in [-0.15, -0.1) is 0 Å². The van der Waals surface area contributed by atoms with Gasteiger partial charge in [0.25, 0.3) is 0 Å². The molecule has 12 saturated carbocycles. The smallest absolute Gasteiger partial charge is 0.335 e. The van der Waals surface area contributed by atoms with Crippen molar-refractivity contribution in [3.8, 4) is 0 Å². The fourth-order valence-electron chi connectivity index (χ4n) is 20.1. The summed E-state index contributed by atoms with van der Waals surface area (Å²) in [5, 5.41) is 10.4. The Morgan fingerprint density at radius 2 is 0.717 bits per heavy atom. The van der Waals surface area contributed by atoms with Gasteiger partial charge in [0.15, 0.2) is 23.1 Å². The Morgan fingerprint density at radius 3 is 1.07 bits per heavy atom. The highest BCUT2D eigenvalue weighted by Crippen LogP contribution is 2.65. The summed E-state index contributed by atoms with van der Waals surface area (Å²) in [5.41, 5.74) is -0.626. The summed E-state index contributed by atoms with van der Waals surface area (Å²) >= 11 is 0. The zero-order valence-electron chi connectivity index (χ0n) is 59.4. The topological polar surface area (TPSA) is 252 Å². The van der Waals surface area contributed by atoms with Crippen molar-refractivity contribution >= 4 is 35.8 Å². The minimum Gasteiger partial charge on any atom is -0.460 e. The first kappa shape index (κ1) is 75.6. The second-order valence-electron chi connectivity index (χ2n) is 33.4. The number of esters is 6. The molecule has 0 aromatic rings. The van der Waals surface area contributed by atoms with Gasteiger partial charge in [-0.1, -0.05) is 19.7 Å². The molecule has 10 atom stereocenters. The van der Waals surface area contributed by atoms with Crippen LogP contribution in [0.1, 0.15) is 204 Å². The van der Waals surface area contributed by atoms with E-state index in [0.717, 1.165) is 43.9 Å². The Hall–Kier alpha value is -4.60. The maximum Gasteiger partial charge on any atom is 0.335 e. The molecule has 99 heavy (non-hydrogen) atoms. The minimum absolute atomic E-state index is 0.0147. The predicted octanol–water partition coefficient (Wildman–Crippen LogP) is 11.6. The van der Waals surface area contributed by atoms with Crippen molar-refractivity contribution < 1.29 is 118 Å². The minimum atomic E-state index is -4.33. The molecule has 4 aliphatic heterocycles. The number of ether oxygens (including phenoxy) is 14. The highest BCUT2D eigenvalue weighted by molar-refractivity contribution is 5.87. The van der Waals surface area contributed by atoms with Gasteiger partial charge in [0.2, 0.25) is 0 Å². The molecule has 0 aromatic carbocycles. The Kier molecular flexibility index (Phi) is 21.7. The van der Waals surface area contributed by atoms with Crippen LogP contribution in [0.4, 0.5) is 17.6 Å². The first-order valence-corrected chi connectivity index (χ1v) is 36.0. The zero-order chi connectivity index (χ0) is 71.8. The van der Waals surface area contributed by atoms with Crippen LogP contribution in [0.3, 0.4) is 0 Å². The van der Waals surface area contributed by atoms with Crippen molar-refractivity contribution in [2.75, 3.05) is 33.0 Å². The van der Waals surface area contributed by atoms with E-state index < -0.39 is 107 Å². The largest absolute Gasteiger partial charge is 0.460 e. The molecule has 16 rings (SSSR count). The molecule has 21 nitrogen and oxygen atoms in total. The van der Waals surface area contributed by atoms with Crippen molar-refractivity contribution in [3.63, 3.8) is 0 Å². The van der Waals surface area contributed by atoms with Crippen LogP contribution in [0.15, 0.2) is 36.5 Å². The van der Waals surface area contributed by atoms with E-state index in [9.17, 15) is 51.4 Å². The molecule has 16 aliphatic rings. The average molecular weight is 1410 g/mol. The molecule has 12 aliphatic carbocycles. The second kappa shape index (κ2) is 28.5. The van der Waals surface area contributed by atoms with E-state index in [1.807, 2.05) is 13.8 Å². The van der Waals surface area contributed by atoms with Gasteiger partial charge in [0.05, 0.1) is 62.0 Å². The number of carbonyl (C=O) groups excluding carboxylic acids is 6. The van der Waals surface area contributed by atoms with Crippen LogP contribution in [0.25, 0.3) is 0 Å². The summed E-state index contributed by atoms with van der Waals surface area (Å²) in [4.78, 5) is 74.1. The number of hydrogen-bond donors (Lipinski definition) is 1. The first-order valence-electron chi connectivity index (χ1n) is 36.0. The van der Waals surface area contributed by atoms with E-state index >= 15 is 0 Å². The molecule has 556 valence electrons. The van der Waals surface area contributed by atoms with Crippen LogP contribution >= 0.6 is 0 Å². The van der Waals surface area contributed by atoms with Gasteiger partial charge in [0.1, 0.15) is 49.8 Å². The number of hydrogen-bond acceptors (Lipinski definition) is 21. The summed E-state index contributed by atoms with van der Waals surface area (Å²) in [7, 11) is 0. The lowest BCUT2D eigenvalue weighted by Gasteiger charge is -2.63. The van der Waals surface area contributed by atoms with Gasteiger partial charge in [-0.2, -0.15) is 17.6 Å². The first-order chi connectivity index (χ1) is 46.1. The fraction of sp³-hybridized carbons (Fsp3) is 0.838. The monoisotopic (exact) mass is 1410 g/mol. The van der Waals surface area contributed by atoms with Crippen LogP contribution < -0.4 is 0 Å². The van der Waals surface area contributed by atoms with Crippen molar-refractivity contribution in [1.82, 2.24) is 0 Å². The molecule has 4 heterocycles. The molecule has 0 radical (unpaired) electrons. The van der Waals surface area contributed by atoms with Crippen molar-refractivity contribution in [2.45, 2.75) is 299 Å². The molecule has 0 amide bonds. The predicted molar refractivity (Wildman–Crippen MR) is 343 cm³/mol. The molecular formula is C74H106F4O21. The van der Waals surface area contributed by atoms with Crippen LogP contribution in [0.5, 0.6) is 0 Å². The molecule has 0 aromatic heterocycles. The molecule has 1 spiro atoms. The molecular weight excluding hydrogens is 1300 g/mol. The molecule has 1 N–H and O–H groups in total. The van der Waals surface area contributed by atoms with Crippen molar-refractivity contribution in [1.29, 1.82) is 0 Å². The number of carbonyl (C=O) groups is 6. The van der Waals surface area contributed by atoms with E-state index in [2.05, 4.69) is 26.7 Å². The maximum atomic E-state index is 14.0. The van der Waals surface area contributed by atoms with Gasteiger partial charge in [0, 0.05) is 47.8 Å². The Morgan fingerprint density at radius 1 is 0.404 bits per heavy atom. The van der Waals surface area contributed by atoms with Crippen molar-refractivity contribution in [3.05, 3.63) is 36.5 Å². The average Bonchev–Trinajstić information content (AvgIpc) is 1.66. The Labute approximate surface area is 578 Å². The highest BCUT2D eigenvalue weighted by Gasteiger charge is 2.70. The van der Waals surface area contributed by atoms with Crippen molar-refractivity contribution in [2.24, 2.45) is 59.2 Å². The summed E-state index contributed by atoms with van der Waals surface area (Å²) < 4.78 is 137. The SMILES string of the molecule is C=C(C)C(=O)OCC1CC(CC(=O)OC2(C)C3CC4CC(C3)CC2C4)OC(C)(C)O1.C=C(C)C(=O)OCC1CC(CC(=O)OC23CC4CC(C2)C(O)C(C4)C3)OC(C)(C)O1.C=C(C)C(=O)OCC1CC(CC(=O)OC23CC4CC(C2)C2(OCC(F)(F)C(F)(F)CO2)C(C4)C3)OC(C)(C)O1. The number of alkyl halides is 4. The number of aliphatic hydroxyl groups is 1. The third-order valence-electron chi connectivity index (χ3n) is 23.4. The highest BCUT2D eigenvalue weighted by atomic mass is 19.3. The quantitative estimate of drug-likeness (QED) is 0.0579. The van der Waals surface area contributed by atoms with Gasteiger partial charge in [-0.05, 0) is 213 Å². The van der Waals surface area contributed by atoms with Crippen LogP contribution in [0.2, 0.25) is 0 Å². The van der Waals surface area contributed by atoms with E-state index in [4.69, 9.17) is 66.3 Å². The lowest BCUT2D eigenvalue weighted by Crippen LogP contribution is -2.66. The van der Waals surface area contributed by atoms with Gasteiger partial charge in [-0.25, -0.2) is 14.4 Å². The third-order valence-corrected chi connectivity index (χ3v) is 23.4.